The fourth-order valence-corrected chi connectivity index (χ4v) is 4.27. The van der Waals surface area contributed by atoms with E-state index >= 15 is 0 Å². The number of rotatable bonds is 10. The summed E-state index contributed by atoms with van der Waals surface area (Å²) in [5.41, 5.74) is 1.67. The Hall–Kier alpha value is -4.79. The smallest absolute Gasteiger partial charge is 0.303 e. The molecule has 0 aliphatic carbocycles. The molecule has 2 atom stereocenters. The fourth-order valence-electron chi connectivity index (χ4n) is 4.27. The predicted octanol–water partition coefficient (Wildman–Crippen LogP) is 3.16. The zero-order valence-electron chi connectivity index (χ0n) is 19.7. The van der Waals surface area contributed by atoms with Gasteiger partial charge in [-0.05, 0) is 47.8 Å². The topological polar surface area (TPSA) is 178 Å². The first-order chi connectivity index (χ1) is 17.9. The Balaban J connectivity index is 1.57. The molecular formula is C25H24N6O6. The number of hydrogen-bond donors (Lipinski definition) is 3. The number of ether oxygens (including phenoxy) is 1. The van der Waals surface area contributed by atoms with Crippen LogP contribution in [0.15, 0.2) is 47.9 Å². The number of nitrogens with one attached hydrogen (secondary N) is 2. The van der Waals surface area contributed by atoms with Crippen molar-refractivity contribution in [1.29, 1.82) is 5.26 Å². The van der Waals surface area contributed by atoms with E-state index in [0.29, 0.717) is 25.1 Å². The van der Waals surface area contributed by atoms with Gasteiger partial charge in [0.05, 0.1) is 18.7 Å². The number of carbonyl (C=O) groups excluding carboxylic acids is 2. The average molecular weight is 505 g/mol. The van der Waals surface area contributed by atoms with Crippen molar-refractivity contribution in [3.63, 3.8) is 0 Å². The number of likely N-dealkylation sites (tertiary alicyclic amines) is 1. The lowest BCUT2D eigenvalue weighted by atomic mass is 10.0. The number of nitroso groups, excluding NO2 is 1. The van der Waals surface area contributed by atoms with Crippen molar-refractivity contribution >= 4 is 34.4 Å². The number of aromatic amines is 1. The van der Waals surface area contributed by atoms with E-state index in [2.05, 4.69) is 26.5 Å². The largest absolute Gasteiger partial charge is 0.481 e. The number of carboxylic acid groups (broad SMARTS) is 1. The van der Waals surface area contributed by atoms with Gasteiger partial charge in [0.1, 0.15) is 23.5 Å². The van der Waals surface area contributed by atoms with Crippen LogP contribution >= 0.6 is 0 Å². The molecule has 1 aromatic carbocycles. The lowest BCUT2D eigenvalue weighted by Crippen LogP contribution is -2.50. The van der Waals surface area contributed by atoms with Crippen LogP contribution in [0, 0.1) is 16.2 Å². The normalized spacial score (nSPS) is 15.6. The Kier molecular flexibility index (Phi) is 7.73. The first kappa shape index (κ1) is 25.3. The summed E-state index contributed by atoms with van der Waals surface area (Å²) >= 11 is 0. The van der Waals surface area contributed by atoms with Crippen LogP contribution in [-0.4, -0.2) is 56.4 Å². The van der Waals surface area contributed by atoms with Crippen LogP contribution in [0.25, 0.3) is 10.9 Å². The van der Waals surface area contributed by atoms with Crippen LogP contribution < -0.4 is 10.1 Å². The molecule has 12 heteroatoms. The number of amides is 2. The molecule has 0 bridgehead atoms. The number of pyridine rings is 1. The van der Waals surface area contributed by atoms with E-state index in [-0.39, 0.29) is 36.7 Å². The zero-order valence-corrected chi connectivity index (χ0v) is 19.7. The maximum Gasteiger partial charge on any atom is 0.303 e. The maximum absolute atomic E-state index is 13.4. The third-order valence-corrected chi connectivity index (χ3v) is 6.10. The molecule has 2 amide bonds. The third kappa shape index (κ3) is 6.07. The summed E-state index contributed by atoms with van der Waals surface area (Å²) in [5, 5.41) is 24.6. The van der Waals surface area contributed by atoms with Crippen molar-refractivity contribution in [3.05, 3.63) is 53.2 Å². The number of fused-ring (bicyclic) bond motifs is 1. The third-order valence-electron chi connectivity index (χ3n) is 6.10. The van der Waals surface area contributed by atoms with E-state index in [9.17, 15) is 24.6 Å². The number of hydrogen-bond acceptors (Lipinski definition) is 8. The van der Waals surface area contributed by atoms with Crippen LogP contribution in [-0.2, 0) is 20.8 Å². The minimum Gasteiger partial charge on any atom is -0.481 e. The molecule has 190 valence electrons. The standard InChI is InChI=1S/C25H24N6O6/c26-12-17-2-1-9-31(17)25(35)21(29-22(32)6-8-24(33)34)10-15-13-27-20-5-4-18(11-19(15)20)37-23-7-3-16(30-36)14-28-23/h3-5,7,11,13-14,17,21,27H,1-2,6,8-10H2,(H,29,32)(H,33,34)/t17-,21-/m0/s1. The lowest BCUT2D eigenvalue weighted by molar-refractivity contribution is -0.139. The molecule has 12 nitrogen and oxygen atoms in total. The summed E-state index contributed by atoms with van der Waals surface area (Å²) in [6.07, 6.45) is 3.77. The van der Waals surface area contributed by atoms with Gasteiger partial charge in [-0.1, -0.05) is 0 Å². The first-order valence-corrected chi connectivity index (χ1v) is 11.7. The van der Waals surface area contributed by atoms with Crippen LogP contribution in [0.1, 0.15) is 31.2 Å². The number of benzene rings is 1. The van der Waals surface area contributed by atoms with E-state index in [0.717, 1.165) is 16.5 Å². The van der Waals surface area contributed by atoms with Gasteiger partial charge < -0.3 is 25.0 Å². The minimum absolute atomic E-state index is 0.119. The van der Waals surface area contributed by atoms with Gasteiger partial charge >= 0.3 is 5.97 Å². The van der Waals surface area contributed by atoms with Gasteiger partial charge in [-0.2, -0.15) is 5.26 Å². The van der Waals surface area contributed by atoms with Crippen LogP contribution in [0.3, 0.4) is 0 Å². The van der Waals surface area contributed by atoms with E-state index in [1.165, 1.54) is 23.2 Å². The maximum atomic E-state index is 13.4. The summed E-state index contributed by atoms with van der Waals surface area (Å²) in [7, 11) is 0. The molecule has 0 spiro atoms. The number of aromatic nitrogens is 2. The van der Waals surface area contributed by atoms with Crippen molar-refractivity contribution in [2.45, 2.75) is 44.2 Å². The molecule has 3 aromatic rings. The highest BCUT2D eigenvalue weighted by molar-refractivity contribution is 5.91. The molecule has 3 heterocycles. The summed E-state index contributed by atoms with van der Waals surface area (Å²) in [6.45, 7) is 0.413. The molecule has 0 radical (unpaired) electrons. The van der Waals surface area contributed by atoms with Gasteiger partial charge in [0.15, 0.2) is 0 Å². The van der Waals surface area contributed by atoms with E-state index < -0.39 is 24.0 Å². The summed E-state index contributed by atoms with van der Waals surface area (Å²) in [4.78, 5) is 55.9. The molecule has 1 aliphatic heterocycles. The monoisotopic (exact) mass is 504 g/mol. The van der Waals surface area contributed by atoms with Crippen molar-refractivity contribution in [1.82, 2.24) is 20.2 Å². The molecule has 2 aromatic heterocycles. The summed E-state index contributed by atoms with van der Waals surface area (Å²) in [5.74, 6) is -1.33. The zero-order chi connectivity index (χ0) is 26.4. The fraction of sp³-hybridized carbons (Fsp3) is 0.320. The Morgan fingerprint density at radius 2 is 2.14 bits per heavy atom. The van der Waals surface area contributed by atoms with Crippen LogP contribution in [0.5, 0.6) is 11.6 Å². The van der Waals surface area contributed by atoms with Gasteiger partial charge in [-0.3, -0.25) is 14.4 Å². The number of nitriles is 1. The number of aliphatic carboxylic acids is 1. The predicted molar refractivity (Wildman–Crippen MR) is 131 cm³/mol. The second-order valence-electron chi connectivity index (χ2n) is 8.61. The van der Waals surface area contributed by atoms with Gasteiger partial charge in [0, 0.05) is 42.6 Å². The molecule has 1 fully saturated rings. The molecule has 4 rings (SSSR count). The quantitative estimate of drug-likeness (QED) is 0.352. The summed E-state index contributed by atoms with van der Waals surface area (Å²) < 4.78 is 5.79. The number of nitrogens with zero attached hydrogens (tertiary/aromatic N) is 4. The Morgan fingerprint density at radius 1 is 1.30 bits per heavy atom. The summed E-state index contributed by atoms with van der Waals surface area (Å²) in [6, 6.07) is 8.86. The second kappa shape index (κ2) is 11.3. The lowest BCUT2D eigenvalue weighted by Gasteiger charge is -2.26. The van der Waals surface area contributed by atoms with Gasteiger partial charge in [0.25, 0.3) is 0 Å². The van der Waals surface area contributed by atoms with Crippen molar-refractivity contribution in [2.75, 3.05) is 6.54 Å². The van der Waals surface area contributed by atoms with Crippen LogP contribution in [0.2, 0.25) is 0 Å². The number of carbonyl (C=O) groups is 3. The Morgan fingerprint density at radius 3 is 2.84 bits per heavy atom. The van der Waals surface area contributed by atoms with Gasteiger partial charge in [-0.15, -0.1) is 4.91 Å². The van der Waals surface area contributed by atoms with E-state index in [4.69, 9.17) is 9.84 Å². The van der Waals surface area contributed by atoms with Gasteiger partial charge in [-0.25, -0.2) is 4.98 Å². The Bertz CT molecular complexity index is 1360. The highest BCUT2D eigenvalue weighted by Gasteiger charge is 2.34. The SMILES string of the molecule is N#C[C@@H]1CCCN1C(=O)[C@H](Cc1c[nH]c2ccc(Oc3ccc(N=O)cn3)cc12)NC(=O)CCC(=O)O. The molecule has 37 heavy (non-hydrogen) atoms. The highest BCUT2D eigenvalue weighted by Crippen LogP contribution is 2.28. The van der Waals surface area contributed by atoms with Crippen molar-refractivity contribution < 1.29 is 24.2 Å². The van der Waals surface area contributed by atoms with E-state index in [1.54, 1.807) is 24.4 Å². The molecule has 0 saturated carbocycles. The molecule has 1 saturated heterocycles. The second-order valence-corrected chi connectivity index (χ2v) is 8.61. The minimum atomic E-state index is -1.11. The van der Waals surface area contributed by atoms with Crippen molar-refractivity contribution in [3.8, 4) is 17.7 Å². The number of H-pyrrole nitrogens is 1. The molecular weight excluding hydrogens is 480 g/mol. The number of carboxylic acids is 1. The molecule has 0 unspecified atom stereocenters. The van der Waals surface area contributed by atoms with Crippen LogP contribution in [0.4, 0.5) is 5.69 Å². The Labute approximate surface area is 211 Å². The van der Waals surface area contributed by atoms with Crippen molar-refractivity contribution in [2.24, 2.45) is 5.18 Å². The highest BCUT2D eigenvalue weighted by atomic mass is 16.5. The first-order valence-electron chi connectivity index (χ1n) is 11.7. The molecule has 1 aliphatic rings. The van der Waals surface area contributed by atoms with E-state index in [1.807, 2.05) is 0 Å². The van der Waals surface area contributed by atoms with Gasteiger partial charge in [0.2, 0.25) is 17.7 Å². The average Bonchev–Trinajstić information content (AvgIpc) is 3.54. The molecule has 3 N–H and O–H groups in total.